The topological polar surface area (TPSA) is 53.4 Å². The van der Waals surface area contributed by atoms with E-state index in [0.717, 1.165) is 30.2 Å². The number of hydrogen-bond acceptors (Lipinski definition) is 3. The third-order valence-electron chi connectivity index (χ3n) is 4.46. The molecule has 1 spiro atoms. The number of aromatic nitrogens is 1. The summed E-state index contributed by atoms with van der Waals surface area (Å²) in [6.45, 7) is 0.628. The number of nitrogens with zero attached hydrogens (tertiary/aromatic N) is 2. The van der Waals surface area contributed by atoms with Crippen LogP contribution < -0.4 is 0 Å². The number of carbonyl (C=O) groups is 1. The molecule has 1 saturated carbocycles. The van der Waals surface area contributed by atoms with Gasteiger partial charge in [0, 0.05) is 17.2 Å². The maximum atomic E-state index is 12.7. The average Bonchev–Trinajstić information content (AvgIpc) is 3.00. The zero-order valence-corrected chi connectivity index (χ0v) is 12.3. The predicted molar refractivity (Wildman–Crippen MR) is 74.8 cm³/mol. The number of hydrogen-bond donors (Lipinski definition) is 1. The van der Waals surface area contributed by atoms with Gasteiger partial charge in [0.05, 0.1) is 11.6 Å². The lowest BCUT2D eigenvalue weighted by atomic mass is 9.91. The minimum absolute atomic E-state index is 0.0640. The summed E-state index contributed by atoms with van der Waals surface area (Å²) in [4.78, 5) is 18.7. The summed E-state index contributed by atoms with van der Waals surface area (Å²) in [7, 11) is 0. The molecule has 1 aliphatic heterocycles. The Labute approximate surface area is 121 Å². The summed E-state index contributed by atoms with van der Waals surface area (Å²) < 4.78 is 0.717. The van der Waals surface area contributed by atoms with Crippen LogP contribution in [0.2, 0.25) is 0 Å². The molecule has 2 fully saturated rings. The number of rotatable bonds is 1. The average molecular weight is 325 g/mol. The Morgan fingerprint density at radius 3 is 2.89 bits per heavy atom. The van der Waals surface area contributed by atoms with Gasteiger partial charge in [0.2, 0.25) is 0 Å². The Morgan fingerprint density at radius 2 is 2.21 bits per heavy atom. The molecule has 3 rings (SSSR count). The standard InChI is InChI=1S/C14H17BrN2O2/c15-10-4-3-8-16-12(10)13(19)17-9-5-11(18)14(17)6-1-2-7-14/h3-4,8,11,18H,1-2,5-7,9H2. The highest BCUT2D eigenvalue weighted by Gasteiger charge is 2.51. The van der Waals surface area contributed by atoms with E-state index < -0.39 is 0 Å². The minimum Gasteiger partial charge on any atom is -0.391 e. The summed E-state index contributed by atoms with van der Waals surface area (Å²) in [5, 5.41) is 10.3. The SMILES string of the molecule is O=C(c1ncccc1Br)N1CCC(O)C12CCCC2. The van der Waals surface area contributed by atoms with Crippen molar-refractivity contribution >= 4 is 21.8 Å². The first kappa shape index (κ1) is 13.1. The van der Waals surface area contributed by atoms with E-state index in [-0.39, 0.29) is 17.6 Å². The minimum atomic E-state index is -0.388. The van der Waals surface area contributed by atoms with Gasteiger partial charge in [0.15, 0.2) is 0 Å². The van der Waals surface area contributed by atoms with Crippen LogP contribution in [0.5, 0.6) is 0 Å². The molecule has 1 aromatic heterocycles. The fraction of sp³-hybridized carbons (Fsp3) is 0.571. The summed E-state index contributed by atoms with van der Waals surface area (Å²) in [6, 6.07) is 3.62. The highest BCUT2D eigenvalue weighted by atomic mass is 79.9. The largest absolute Gasteiger partial charge is 0.391 e. The predicted octanol–water partition coefficient (Wildman–Crippen LogP) is 2.36. The van der Waals surface area contributed by atoms with Gasteiger partial charge in [-0.25, -0.2) is 4.98 Å². The van der Waals surface area contributed by atoms with Gasteiger partial charge in [-0.05, 0) is 47.3 Å². The number of aliphatic hydroxyl groups excluding tert-OH is 1. The zero-order valence-electron chi connectivity index (χ0n) is 10.7. The van der Waals surface area contributed by atoms with Gasteiger partial charge in [-0.15, -0.1) is 0 Å². The van der Waals surface area contributed by atoms with E-state index >= 15 is 0 Å². The van der Waals surface area contributed by atoms with Crippen molar-refractivity contribution in [1.82, 2.24) is 9.88 Å². The highest BCUT2D eigenvalue weighted by Crippen LogP contribution is 2.44. The molecule has 0 radical (unpaired) electrons. The van der Waals surface area contributed by atoms with Crippen molar-refractivity contribution in [3.8, 4) is 0 Å². The first-order valence-corrected chi connectivity index (χ1v) is 7.55. The van der Waals surface area contributed by atoms with Crippen LogP contribution in [0.1, 0.15) is 42.6 Å². The number of halogens is 1. The van der Waals surface area contributed by atoms with Crippen molar-refractivity contribution in [3.63, 3.8) is 0 Å². The van der Waals surface area contributed by atoms with Crippen LogP contribution in [-0.4, -0.2) is 39.1 Å². The number of pyridine rings is 1. The molecule has 1 N–H and O–H groups in total. The normalized spacial score (nSPS) is 25.2. The first-order valence-electron chi connectivity index (χ1n) is 6.76. The first-order chi connectivity index (χ1) is 9.15. The molecule has 1 saturated heterocycles. The Hall–Kier alpha value is -0.940. The maximum absolute atomic E-state index is 12.7. The molecular weight excluding hydrogens is 308 g/mol. The van der Waals surface area contributed by atoms with E-state index in [4.69, 9.17) is 0 Å². The van der Waals surface area contributed by atoms with Gasteiger partial charge in [-0.1, -0.05) is 12.8 Å². The van der Waals surface area contributed by atoms with Crippen molar-refractivity contribution in [1.29, 1.82) is 0 Å². The number of carbonyl (C=O) groups excluding carboxylic acids is 1. The molecule has 1 unspecified atom stereocenters. The van der Waals surface area contributed by atoms with Crippen molar-refractivity contribution < 1.29 is 9.90 Å². The van der Waals surface area contributed by atoms with Gasteiger partial charge < -0.3 is 10.0 Å². The van der Waals surface area contributed by atoms with E-state index in [9.17, 15) is 9.90 Å². The molecule has 1 amide bonds. The lowest BCUT2D eigenvalue weighted by molar-refractivity contribution is 0.0256. The molecule has 2 aliphatic rings. The molecule has 1 aromatic rings. The van der Waals surface area contributed by atoms with Gasteiger partial charge in [-0.3, -0.25) is 4.79 Å². The third-order valence-corrected chi connectivity index (χ3v) is 5.10. The molecule has 1 aliphatic carbocycles. The van der Waals surface area contributed by atoms with Gasteiger partial charge in [-0.2, -0.15) is 0 Å². The zero-order chi connectivity index (χ0) is 13.5. The smallest absolute Gasteiger partial charge is 0.274 e. The molecule has 4 nitrogen and oxygen atoms in total. The highest BCUT2D eigenvalue weighted by molar-refractivity contribution is 9.10. The van der Waals surface area contributed by atoms with Crippen molar-refractivity contribution in [2.45, 2.75) is 43.7 Å². The molecule has 2 heterocycles. The van der Waals surface area contributed by atoms with Crippen LogP contribution in [-0.2, 0) is 0 Å². The second-order valence-corrected chi connectivity index (χ2v) is 6.26. The van der Waals surface area contributed by atoms with E-state index in [2.05, 4.69) is 20.9 Å². The van der Waals surface area contributed by atoms with Crippen molar-refractivity contribution in [3.05, 3.63) is 28.5 Å². The fourth-order valence-electron chi connectivity index (χ4n) is 3.49. The summed E-state index contributed by atoms with van der Waals surface area (Å²) in [5.74, 6) is -0.0640. The Kier molecular flexibility index (Phi) is 3.35. The van der Waals surface area contributed by atoms with Crippen molar-refractivity contribution in [2.75, 3.05) is 6.54 Å². The van der Waals surface area contributed by atoms with E-state index in [0.29, 0.717) is 18.7 Å². The quantitative estimate of drug-likeness (QED) is 0.862. The number of likely N-dealkylation sites (tertiary alicyclic amines) is 1. The lowest BCUT2D eigenvalue weighted by Crippen LogP contribution is -2.51. The monoisotopic (exact) mass is 324 g/mol. The summed E-state index contributed by atoms with van der Waals surface area (Å²) >= 11 is 3.38. The second kappa shape index (κ2) is 4.87. The Morgan fingerprint density at radius 1 is 1.47 bits per heavy atom. The third kappa shape index (κ3) is 1.99. The van der Waals surface area contributed by atoms with Crippen LogP contribution in [0.25, 0.3) is 0 Å². The molecule has 5 heteroatoms. The van der Waals surface area contributed by atoms with Crippen LogP contribution in [0.15, 0.2) is 22.8 Å². The maximum Gasteiger partial charge on any atom is 0.274 e. The van der Waals surface area contributed by atoms with Gasteiger partial charge >= 0.3 is 0 Å². The molecule has 19 heavy (non-hydrogen) atoms. The molecule has 1 atom stereocenters. The Balaban J connectivity index is 1.94. The van der Waals surface area contributed by atoms with Crippen LogP contribution in [0, 0.1) is 0 Å². The van der Waals surface area contributed by atoms with E-state index in [1.54, 1.807) is 12.3 Å². The summed E-state index contributed by atoms with van der Waals surface area (Å²) in [5.41, 5.74) is 0.108. The van der Waals surface area contributed by atoms with E-state index in [1.807, 2.05) is 11.0 Å². The molecule has 0 bridgehead atoms. The second-order valence-electron chi connectivity index (χ2n) is 5.41. The summed E-state index contributed by atoms with van der Waals surface area (Å²) in [6.07, 6.45) is 5.91. The van der Waals surface area contributed by atoms with E-state index in [1.165, 1.54) is 0 Å². The van der Waals surface area contributed by atoms with Gasteiger partial charge in [0.1, 0.15) is 5.69 Å². The Bertz CT molecular complexity index is 500. The lowest BCUT2D eigenvalue weighted by Gasteiger charge is -2.37. The molecule has 102 valence electrons. The van der Waals surface area contributed by atoms with Crippen LogP contribution in [0.4, 0.5) is 0 Å². The number of aliphatic hydroxyl groups is 1. The van der Waals surface area contributed by atoms with Crippen LogP contribution in [0.3, 0.4) is 0 Å². The molecular formula is C14H17BrN2O2. The van der Waals surface area contributed by atoms with Crippen LogP contribution >= 0.6 is 15.9 Å². The van der Waals surface area contributed by atoms with Gasteiger partial charge in [0.25, 0.3) is 5.91 Å². The number of amides is 1. The molecule has 0 aromatic carbocycles. The fourth-order valence-corrected chi connectivity index (χ4v) is 3.91. The van der Waals surface area contributed by atoms with Crippen molar-refractivity contribution in [2.24, 2.45) is 0 Å².